The van der Waals surface area contributed by atoms with Crippen LogP contribution in [0.15, 0.2) is 60.7 Å². The maximum Gasteiger partial charge on any atom is 0.475 e. The summed E-state index contributed by atoms with van der Waals surface area (Å²) in [6.07, 6.45) is 4.66. The molecule has 2 aromatic carbocycles. The summed E-state index contributed by atoms with van der Waals surface area (Å²) in [4.78, 5) is 15.4. The smallest absolute Gasteiger partial charge is 0.475 e. The van der Waals surface area contributed by atoms with Crippen molar-refractivity contribution in [3.05, 3.63) is 71.8 Å². The number of carbonyl (C=O) groups excluding carboxylic acids is 1. The Morgan fingerprint density at radius 1 is 1.13 bits per heavy atom. The van der Waals surface area contributed by atoms with E-state index in [1.165, 1.54) is 12.8 Å². The number of halogens is 1. The monoisotopic (exact) mass is 542 g/mol. The van der Waals surface area contributed by atoms with Crippen LogP contribution in [0, 0.1) is 5.92 Å². The third-order valence-electron chi connectivity index (χ3n) is 7.13. The van der Waals surface area contributed by atoms with Crippen molar-refractivity contribution in [2.45, 2.75) is 45.1 Å². The second-order valence-corrected chi connectivity index (χ2v) is 10.5. The van der Waals surface area contributed by atoms with Gasteiger partial charge < -0.3 is 20.1 Å². The molecule has 0 aromatic heterocycles. The molecule has 206 valence electrons. The van der Waals surface area contributed by atoms with Gasteiger partial charge in [0.2, 0.25) is 5.91 Å². The minimum absolute atomic E-state index is 0. The minimum atomic E-state index is -1.63. The summed E-state index contributed by atoms with van der Waals surface area (Å²) in [6, 6.07) is 18.0. The first-order valence-electron chi connectivity index (χ1n) is 13.2. The lowest BCUT2D eigenvalue weighted by Crippen LogP contribution is -2.53. The number of carbonyl (C=O) groups is 1. The molecule has 1 saturated heterocycles. The van der Waals surface area contributed by atoms with Crippen LogP contribution < -0.4 is 15.5 Å². The van der Waals surface area contributed by atoms with Crippen molar-refractivity contribution in [2.75, 3.05) is 32.8 Å². The van der Waals surface area contributed by atoms with Crippen LogP contribution in [0.5, 0.6) is 5.75 Å². The van der Waals surface area contributed by atoms with Gasteiger partial charge in [-0.3, -0.25) is 14.7 Å². The molecule has 0 saturated carbocycles. The first-order valence-corrected chi connectivity index (χ1v) is 13.2. The van der Waals surface area contributed by atoms with Crippen molar-refractivity contribution in [3.63, 3.8) is 0 Å². The molecule has 1 amide bonds. The maximum atomic E-state index is 13.0. The number of amides is 1. The Morgan fingerprint density at radius 3 is 2.50 bits per heavy atom. The highest BCUT2D eigenvalue weighted by Gasteiger charge is 2.37. The van der Waals surface area contributed by atoms with E-state index in [0.717, 1.165) is 42.2 Å². The Morgan fingerprint density at radius 2 is 1.84 bits per heavy atom. The average molecular weight is 543 g/mol. The fourth-order valence-corrected chi connectivity index (χ4v) is 5.01. The molecule has 1 fully saturated rings. The minimum Gasteiger partial charge on any atom is -0.492 e. The van der Waals surface area contributed by atoms with E-state index >= 15 is 0 Å². The van der Waals surface area contributed by atoms with Crippen LogP contribution in [0.25, 0.3) is 5.70 Å². The number of rotatable bonds is 11. The highest BCUT2D eigenvalue weighted by atomic mass is 35.5. The van der Waals surface area contributed by atoms with E-state index in [1.54, 1.807) is 0 Å². The first-order chi connectivity index (χ1) is 17.7. The van der Waals surface area contributed by atoms with E-state index in [4.69, 9.17) is 4.74 Å². The molecule has 1 unspecified atom stereocenters. The maximum absolute atomic E-state index is 13.0. The molecule has 38 heavy (non-hydrogen) atoms. The lowest BCUT2D eigenvalue weighted by atomic mass is 9.73. The topological polar surface area (TPSA) is 97.3 Å². The van der Waals surface area contributed by atoms with E-state index in [-0.39, 0.29) is 30.8 Å². The van der Waals surface area contributed by atoms with E-state index in [2.05, 4.69) is 40.8 Å². The molecular formula is C28H40BClN4O4. The van der Waals surface area contributed by atoms with Gasteiger partial charge >= 0.3 is 7.12 Å². The van der Waals surface area contributed by atoms with Crippen LogP contribution in [-0.2, 0) is 10.3 Å². The standard InChI is InChI=1S/C28H39BN4O4.ClH/c1-21(2)27(29(35)36)30-26(34)20-33-25(22-10-5-4-6-11-22)19-28(3,31-33)23-12-9-13-24(18-23)37-17-16-32-14-7-8-15-32;/h4-6,9-13,18-19,21,27,31,35-36H,7-8,14-17,20H2,1-3H3,(H,30,34);1H/t27-,28?;/m0./s1. The third kappa shape index (κ3) is 7.52. The van der Waals surface area contributed by atoms with Crippen molar-refractivity contribution in [3.8, 4) is 5.75 Å². The predicted molar refractivity (Wildman–Crippen MR) is 153 cm³/mol. The molecule has 0 spiro atoms. The molecule has 4 N–H and O–H groups in total. The second-order valence-electron chi connectivity index (χ2n) is 10.5. The van der Waals surface area contributed by atoms with Gasteiger partial charge in [0, 0.05) is 6.54 Å². The van der Waals surface area contributed by atoms with E-state index in [1.807, 2.05) is 61.3 Å². The summed E-state index contributed by atoms with van der Waals surface area (Å²) in [5.41, 5.74) is 5.82. The summed E-state index contributed by atoms with van der Waals surface area (Å²) in [7, 11) is -1.63. The zero-order valence-corrected chi connectivity index (χ0v) is 23.3. The Labute approximate surface area is 232 Å². The number of likely N-dealkylation sites (tertiary alicyclic amines) is 1. The van der Waals surface area contributed by atoms with Crippen molar-refractivity contribution < 1.29 is 19.6 Å². The lowest BCUT2D eigenvalue weighted by Gasteiger charge is -2.30. The second kappa shape index (κ2) is 13.5. The van der Waals surface area contributed by atoms with Gasteiger partial charge in [-0.15, -0.1) is 12.4 Å². The SMILES string of the molecule is CC(C)[C@H](NC(=O)CN1NC(C)(c2cccc(OCCN3CCCC3)c2)C=C1c1ccccc1)B(O)O.Cl. The number of benzene rings is 2. The first kappa shape index (κ1) is 30.0. The molecule has 10 heteroatoms. The van der Waals surface area contributed by atoms with Crippen molar-refractivity contribution in [1.82, 2.24) is 20.7 Å². The van der Waals surface area contributed by atoms with Gasteiger partial charge in [-0.05, 0) is 68.1 Å². The predicted octanol–water partition coefficient (Wildman–Crippen LogP) is 2.81. The molecule has 0 aliphatic carbocycles. The molecule has 4 rings (SSSR count). The van der Waals surface area contributed by atoms with Gasteiger partial charge in [0.15, 0.2) is 0 Å². The van der Waals surface area contributed by atoms with E-state index in [9.17, 15) is 14.8 Å². The van der Waals surface area contributed by atoms with E-state index in [0.29, 0.717) is 6.61 Å². The summed E-state index contributed by atoms with van der Waals surface area (Å²) >= 11 is 0. The molecule has 2 aromatic rings. The largest absolute Gasteiger partial charge is 0.492 e. The van der Waals surface area contributed by atoms with Gasteiger partial charge in [-0.2, -0.15) is 0 Å². The molecule has 8 nitrogen and oxygen atoms in total. The summed E-state index contributed by atoms with van der Waals surface area (Å²) in [5.74, 6) is -0.357. The summed E-state index contributed by atoms with van der Waals surface area (Å²) in [6.45, 7) is 9.65. The molecule has 2 aliphatic rings. The highest BCUT2D eigenvalue weighted by molar-refractivity contribution is 6.43. The number of nitrogens with zero attached hydrogens (tertiary/aromatic N) is 2. The number of ether oxygens (including phenoxy) is 1. The number of hydrazine groups is 1. The lowest BCUT2D eigenvalue weighted by molar-refractivity contribution is -0.122. The summed E-state index contributed by atoms with van der Waals surface area (Å²) in [5, 5.41) is 24.0. The quantitative estimate of drug-likeness (QED) is 0.324. The van der Waals surface area contributed by atoms with Gasteiger partial charge in [0.1, 0.15) is 18.9 Å². The van der Waals surface area contributed by atoms with Crippen molar-refractivity contribution >= 4 is 31.1 Å². The Balaban J connectivity index is 0.00000400. The van der Waals surface area contributed by atoms with Crippen LogP contribution >= 0.6 is 12.4 Å². The van der Waals surface area contributed by atoms with Crippen LogP contribution in [0.4, 0.5) is 0 Å². The van der Waals surface area contributed by atoms with Gasteiger partial charge in [0.05, 0.1) is 17.2 Å². The van der Waals surface area contributed by atoms with E-state index < -0.39 is 18.6 Å². The Bertz CT molecular complexity index is 1070. The molecule has 2 aliphatic heterocycles. The average Bonchev–Trinajstić information content (AvgIpc) is 3.51. The molecule has 0 radical (unpaired) electrons. The van der Waals surface area contributed by atoms with Crippen molar-refractivity contribution in [2.24, 2.45) is 5.92 Å². The van der Waals surface area contributed by atoms with Crippen molar-refractivity contribution in [1.29, 1.82) is 0 Å². The molecule has 2 atom stereocenters. The van der Waals surface area contributed by atoms with Gasteiger partial charge in [-0.25, -0.2) is 5.43 Å². The number of nitrogens with one attached hydrogen (secondary N) is 2. The van der Waals surface area contributed by atoms with Crippen LogP contribution in [-0.4, -0.2) is 71.7 Å². The zero-order valence-electron chi connectivity index (χ0n) is 22.5. The zero-order chi connectivity index (χ0) is 26.4. The van der Waals surface area contributed by atoms with Gasteiger partial charge in [0.25, 0.3) is 0 Å². The molecule has 0 bridgehead atoms. The van der Waals surface area contributed by atoms with Crippen LogP contribution in [0.2, 0.25) is 0 Å². The number of hydrogen-bond acceptors (Lipinski definition) is 7. The van der Waals surface area contributed by atoms with Gasteiger partial charge in [-0.1, -0.05) is 56.3 Å². The molecular weight excluding hydrogens is 503 g/mol. The van der Waals surface area contributed by atoms with Crippen LogP contribution in [0.1, 0.15) is 44.7 Å². The normalized spacial score (nSPS) is 20.2. The fraction of sp³-hybridized carbons (Fsp3) is 0.464. The third-order valence-corrected chi connectivity index (χ3v) is 7.13. The Kier molecular flexibility index (Phi) is 10.6. The number of hydrogen-bond donors (Lipinski definition) is 4. The highest BCUT2D eigenvalue weighted by Crippen LogP contribution is 2.36. The molecule has 2 heterocycles. The van der Waals surface area contributed by atoms with Crippen LogP contribution in [0.3, 0.4) is 0 Å². The fourth-order valence-electron chi connectivity index (χ4n) is 5.01. The summed E-state index contributed by atoms with van der Waals surface area (Å²) < 4.78 is 6.09. The Hall–Kier alpha value is -2.56.